The van der Waals surface area contributed by atoms with Gasteiger partial charge in [-0.3, -0.25) is 25.7 Å². The molecule has 120 valence electrons. The summed E-state index contributed by atoms with van der Waals surface area (Å²) < 4.78 is 5.52. The lowest BCUT2D eigenvalue weighted by atomic mass is 10.2. The van der Waals surface area contributed by atoms with Crippen LogP contribution in [0.3, 0.4) is 0 Å². The minimum atomic E-state index is -0.706. The Balaban J connectivity index is 2.26. The number of nitro groups is 2. The molecule has 2 aromatic rings. The molecule has 0 bridgehead atoms. The van der Waals surface area contributed by atoms with Crippen LogP contribution in [0.2, 0.25) is 0 Å². The molecule has 0 aliphatic heterocycles. The monoisotopic (exact) mass is 318 g/mol. The van der Waals surface area contributed by atoms with Gasteiger partial charge < -0.3 is 4.42 Å². The van der Waals surface area contributed by atoms with Gasteiger partial charge in [-0.1, -0.05) is 6.92 Å². The number of benzene rings is 1. The van der Waals surface area contributed by atoms with Crippen LogP contribution in [0.1, 0.15) is 25.4 Å². The summed E-state index contributed by atoms with van der Waals surface area (Å²) in [6.07, 6.45) is 0.745. The minimum Gasteiger partial charge on any atom is -0.460 e. The number of furan rings is 1. The van der Waals surface area contributed by atoms with Crippen LogP contribution in [-0.2, 0) is 6.42 Å². The van der Waals surface area contributed by atoms with Crippen LogP contribution in [0, 0.1) is 20.2 Å². The van der Waals surface area contributed by atoms with E-state index in [0.29, 0.717) is 11.5 Å². The number of nitro benzene ring substituents is 2. The maximum atomic E-state index is 11.0. The lowest BCUT2D eigenvalue weighted by molar-refractivity contribution is -0.393. The predicted octanol–water partition coefficient (Wildman–Crippen LogP) is 3.49. The van der Waals surface area contributed by atoms with Crippen LogP contribution >= 0.6 is 0 Å². The van der Waals surface area contributed by atoms with Gasteiger partial charge in [-0.05, 0) is 25.1 Å². The Morgan fingerprint density at radius 2 is 1.96 bits per heavy atom. The second-order valence-electron chi connectivity index (χ2n) is 4.64. The highest BCUT2D eigenvalue weighted by atomic mass is 16.6. The van der Waals surface area contributed by atoms with Crippen molar-refractivity contribution < 1.29 is 14.3 Å². The Labute approximate surface area is 130 Å². The Bertz CT molecular complexity index is 781. The zero-order valence-electron chi connectivity index (χ0n) is 12.5. The number of hydrazone groups is 1. The summed E-state index contributed by atoms with van der Waals surface area (Å²) in [7, 11) is 0. The van der Waals surface area contributed by atoms with Crippen LogP contribution in [-0.4, -0.2) is 15.6 Å². The van der Waals surface area contributed by atoms with E-state index in [1.54, 1.807) is 13.0 Å². The first-order chi connectivity index (χ1) is 10.9. The number of aryl methyl sites for hydroxylation is 1. The Kier molecular flexibility index (Phi) is 4.69. The van der Waals surface area contributed by atoms with Gasteiger partial charge in [-0.2, -0.15) is 5.10 Å². The highest BCUT2D eigenvalue weighted by Crippen LogP contribution is 2.29. The van der Waals surface area contributed by atoms with Gasteiger partial charge in [0.25, 0.3) is 5.69 Å². The predicted molar refractivity (Wildman–Crippen MR) is 83.7 cm³/mol. The van der Waals surface area contributed by atoms with Crippen molar-refractivity contribution in [3.05, 3.63) is 62.1 Å². The number of hydrogen-bond acceptors (Lipinski definition) is 7. The molecular formula is C14H14N4O5. The Morgan fingerprint density at radius 1 is 1.22 bits per heavy atom. The number of anilines is 1. The van der Waals surface area contributed by atoms with Crippen LogP contribution in [0.4, 0.5) is 17.1 Å². The smallest absolute Gasteiger partial charge is 0.301 e. The third-order valence-electron chi connectivity index (χ3n) is 3.10. The minimum absolute atomic E-state index is 0.0576. The third kappa shape index (κ3) is 3.70. The first-order valence-electron chi connectivity index (χ1n) is 6.74. The van der Waals surface area contributed by atoms with Crippen LogP contribution in [0.25, 0.3) is 0 Å². The lowest BCUT2D eigenvalue weighted by Crippen LogP contribution is -2.01. The fraction of sp³-hybridized carbons (Fsp3) is 0.214. The first kappa shape index (κ1) is 16.1. The highest BCUT2D eigenvalue weighted by molar-refractivity contribution is 5.96. The van der Waals surface area contributed by atoms with E-state index in [0.717, 1.165) is 18.2 Å². The molecule has 0 aliphatic rings. The van der Waals surface area contributed by atoms with Gasteiger partial charge in [0.15, 0.2) is 0 Å². The number of nitrogens with one attached hydrogen (secondary N) is 1. The molecule has 9 nitrogen and oxygen atoms in total. The summed E-state index contributed by atoms with van der Waals surface area (Å²) in [4.78, 5) is 20.3. The maximum Gasteiger partial charge on any atom is 0.301 e. The molecule has 0 radical (unpaired) electrons. The standard InChI is InChI=1S/C14H14N4O5/c1-3-11-5-7-14(23-11)9(2)15-16-12-6-4-10(17(19)20)8-13(12)18(21)22/h4-8,16H,3H2,1-2H3/b15-9-. The van der Waals surface area contributed by atoms with Gasteiger partial charge >= 0.3 is 5.69 Å². The number of hydrogen-bond donors (Lipinski definition) is 1. The lowest BCUT2D eigenvalue weighted by Gasteiger charge is -2.03. The molecule has 0 saturated carbocycles. The van der Waals surface area contributed by atoms with Crippen LogP contribution in [0.5, 0.6) is 0 Å². The fourth-order valence-electron chi connectivity index (χ4n) is 1.84. The largest absolute Gasteiger partial charge is 0.460 e. The fourth-order valence-corrected chi connectivity index (χ4v) is 1.84. The van der Waals surface area contributed by atoms with E-state index in [1.165, 1.54) is 12.1 Å². The van der Waals surface area contributed by atoms with E-state index >= 15 is 0 Å². The zero-order chi connectivity index (χ0) is 17.0. The summed E-state index contributed by atoms with van der Waals surface area (Å²) in [6.45, 7) is 3.63. The first-order valence-corrected chi connectivity index (χ1v) is 6.74. The quantitative estimate of drug-likeness (QED) is 0.494. The molecule has 0 spiro atoms. The van der Waals surface area contributed by atoms with E-state index < -0.39 is 15.5 Å². The van der Waals surface area contributed by atoms with E-state index in [4.69, 9.17) is 4.42 Å². The zero-order valence-corrected chi connectivity index (χ0v) is 12.5. The van der Waals surface area contributed by atoms with Crippen molar-refractivity contribution in [1.29, 1.82) is 0 Å². The van der Waals surface area contributed by atoms with Gasteiger partial charge in [-0.25, -0.2) is 0 Å². The Hall–Kier alpha value is -3.23. The molecule has 1 N–H and O–H groups in total. The van der Waals surface area contributed by atoms with Gasteiger partial charge in [0.05, 0.1) is 15.9 Å². The van der Waals surface area contributed by atoms with Gasteiger partial charge in [0.1, 0.15) is 22.9 Å². The molecule has 0 amide bonds. The molecular weight excluding hydrogens is 304 g/mol. The summed E-state index contributed by atoms with van der Waals surface area (Å²) in [5.41, 5.74) is 2.32. The van der Waals surface area contributed by atoms with Gasteiger partial charge in [0, 0.05) is 12.5 Å². The highest BCUT2D eigenvalue weighted by Gasteiger charge is 2.19. The van der Waals surface area contributed by atoms with Crippen LogP contribution in [0.15, 0.2) is 39.9 Å². The second kappa shape index (κ2) is 6.69. The third-order valence-corrected chi connectivity index (χ3v) is 3.10. The molecule has 1 aromatic heterocycles. The molecule has 0 fully saturated rings. The molecule has 1 heterocycles. The normalized spacial score (nSPS) is 11.3. The molecule has 0 saturated heterocycles. The van der Waals surface area contributed by atoms with Crippen molar-refractivity contribution in [1.82, 2.24) is 0 Å². The summed E-state index contributed by atoms with van der Waals surface area (Å²) in [5.74, 6) is 1.34. The van der Waals surface area contributed by atoms with Crippen LogP contribution < -0.4 is 5.43 Å². The molecule has 1 aromatic carbocycles. The number of rotatable bonds is 6. The van der Waals surface area contributed by atoms with E-state index in [-0.39, 0.29) is 11.4 Å². The molecule has 0 unspecified atom stereocenters. The van der Waals surface area contributed by atoms with Gasteiger partial charge in [0.2, 0.25) is 0 Å². The SMILES string of the molecule is CCc1ccc(/C(C)=N\Nc2ccc([N+](=O)[O-])cc2[N+](=O)[O-])o1. The van der Waals surface area contributed by atoms with Crippen molar-refractivity contribution in [2.75, 3.05) is 5.43 Å². The summed E-state index contributed by atoms with van der Waals surface area (Å²) >= 11 is 0. The van der Waals surface area contributed by atoms with Crippen molar-refractivity contribution in [2.45, 2.75) is 20.3 Å². The summed E-state index contributed by atoms with van der Waals surface area (Å²) in [5, 5.41) is 25.7. The van der Waals surface area contributed by atoms with Crippen molar-refractivity contribution in [3.8, 4) is 0 Å². The van der Waals surface area contributed by atoms with Crippen molar-refractivity contribution in [2.24, 2.45) is 5.10 Å². The second-order valence-corrected chi connectivity index (χ2v) is 4.64. The average Bonchev–Trinajstić information content (AvgIpc) is 3.01. The van der Waals surface area contributed by atoms with Crippen molar-refractivity contribution >= 4 is 22.8 Å². The molecule has 0 atom stereocenters. The van der Waals surface area contributed by atoms with E-state index in [9.17, 15) is 20.2 Å². The van der Waals surface area contributed by atoms with E-state index in [1.807, 2.05) is 13.0 Å². The number of non-ortho nitro benzene ring substituents is 1. The van der Waals surface area contributed by atoms with Crippen molar-refractivity contribution in [3.63, 3.8) is 0 Å². The average molecular weight is 318 g/mol. The summed E-state index contributed by atoms with van der Waals surface area (Å²) in [6, 6.07) is 6.87. The van der Waals surface area contributed by atoms with E-state index in [2.05, 4.69) is 10.5 Å². The molecule has 2 rings (SSSR count). The molecule has 0 aliphatic carbocycles. The van der Waals surface area contributed by atoms with Gasteiger partial charge in [-0.15, -0.1) is 0 Å². The maximum absolute atomic E-state index is 11.0. The topological polar surface area (TPSA) is 124 Å². The Morgan fingerprint density at radius 3 is 2.52 bits per heavy atom. The number of nitrogens with zero attached hydrogens (tertiary/aromatic N) is 3. The molecule has 23 heavy (non-hydrogen) atoms. The molecule has 9 heteroatoms.